The van der Waals surface area contributed by atoms with Gasteiger partial charge in [0.15, 0.2) is 23.0 Å². The summed E-state index contributed by atoms with van der Waals surface area (Å²) in [6.45, 7) is 6.07. The molecule has 1 atom stereocenters. The standard InChI is InChI=1S/C27H28ClF2N7O2/c1-14(2)24(31)33-12-15(3)35-27(38)17-6-5-16(11-19(17)28)36-25-26-34-13-20(37(26)10-9-32-25)18-7-8-21(39-4)23(30)22(18)29/h5-11,13-15H,12H2,1-4H3,(H2,31,33)(H,32,36)(H,35,38)/t15-/m0/s1. The van der Waals surface area contributed by atoms with Gasteiger partial charge in [0.2, 0.25) is 5.82 Å². The SMILES string of the molecule is COc1ccc(-c2cnc3c(Nc4ccc(C(=O)N[C@@H](C)CN=C(N)C(C)C)c(Cl)c4)nccn23)c(F)c1F. The van der Waals surface area contributed by atoms with Gasteiger partial charge >= 0.3 is 0 Å². The van der Waals surface area contributed by atoms with E-state index < -0.39 is 11.6 Å². The van der Waals surface area contributed by atoms with Crippen LogP contribution in [0.1, 0.15) is 31.1 Å². The molecule has 39 heavy (non-hydrogen) atoms. The van der Waals surface area contributed by atoms with Gasteiger partial charge in [-0.2, -0.15) is 4.39 Å². The van der Waals surface area contributed by atoms with Gasteiger partial charge in [-0.15, -0.1) is 0 Å². The fraction of sp³-hybridized carbons (Fsp3) is 0.259. The number of carbonyl (C=O) groups excluding carboxylic acids is 1. The third-order valence-electron chi connectivity index (χ3n) is 5.96. The number of aliphatic imine (C=N–C) groups is 1. The first-order valence-electron chi connectivity index (χ1n) is 12.1. The smallest absolute Gasteiger partial charge is 0.253 e. The lowest BCUT2D eigenvalue weighted by Gasteiger charge is -2.14. The Labute approximate surface area is 229 Å². The highest BCUT2D eigenvalue weighted by Crippen LogP contribution is 2.32. The minimum atomic E-state index is -1.09. The van der Waals surface area contributed by atoms with Gasteiger partial charge in [-0.05, 0) is 37.3 Å². The zero-order valence-electron chi connectivity index (χ0n) is 21.8. The fourth-order valence-electron chi connectivity index (χ4n) is 3.78. The number of nitrogens with zero attached hydrogens (tertiary/aromatic N) is 4. The number of carbonyl (C=O) groups is 1. The van der Waals surface area contributed by atoms with Crippen molar-refractivity contribution in [2.45, 2.75) is 26.8 Å². The molecule has 12 heteroatoms. The molecule has 4 N–H and O–H groups in total. The van der Waals surface area contributed by atoms with Gasteiger partial charge in [0.25, 0.3) is 5.91 Å². The molecule has 204 valence electrons. The second-order valence-corrected chi connectivity index (χ2v) is 9.58. The summed E-state index contributed by atoms with van der Waals surface area (Å²) < 4.78 is 35.5. The predicted octanol–water partition coefficient (Wildman–Crippen LogP) is 5.21. The largest absolute Gasteiger partial charge is 0.494 e. The van der Waals surface area contributed by atoms with Crippen LogP contribution in [0.4, 0.5) is 20.3 Å². The van der Waals surface area contributed by atoms with Crippen LogP contribution in [0.3, 0.4) is 0 Å². The minimum absolute atomic E-state index is 0.0168. The van der Waals surface area contributed by atoms with Crippen molar-refractivity contribution in [1.29, 1.82) is 0 Å². The van der Waals surface area contributed by atoms with Crippen molar-refractivity contribution < 1.29 is 18.3 Å². The van der Waals surface area contributed by atoms with Crippen molar-refractivity contribution >= 4 is 40.5 Å². The Balaban J connectivity index is 1.54. The number of nitrogens with one attached hydrogen (secondary N) is 2. The van der Waals surface area contributed by atoms with Crippen LogP contribution in [0, 0.1) is 17.6 Å². The Hall–Kier alpha value is -4.25. The number of benzene rings is 2. The fourth-order valence-corrected chi connectivity index (χ4v) is 4.05. The van der Waals surface area contributed by atoms with Crippen LogP contribution < -0.4 is 21.1 Å². The van der Waals surface area contributed by atoms with E-state index >= 15 is 0 Å². The predicted molar refractivity (Wildman–Crippen MR) is 148 cm³/mol. The van der Waals surface area contributed by atoms with Crippen LogP contribution in [0.2, 0.25) is 5.02 Å². The van der Waals surface area contributed by atoms with Crippen LogP contribution >= 0.6 is 11.6 Å². The maximum absolute atomic E-state index is 14.7. The van der Waals surface area contributed by atoms with Crippen molar-refractivity contribution in [3.05, 3.63) is 71.1 Å². The third kappa shape index (κ3) is 5.93. The Bertz CT molecular complexity index is 1550. The number of halogens is 3. The Morgan fingerprint density at radius 3 is 2.64 bits per heavy atom. The molecule has 4 aromatic rings. The zero-order chi connectivity index (χ0) is 28.3. The topological polar surface area (TPSA) is 119 Å². The molecule has 0 saturated carbocycles. The summed E-state index contributed by atoms with van der Waals surface area (Å²) in [7, 11) is 1.27. The number of aromatic nitrogens is 3. The van der Waals surface area contributed by atoms with E-state index in [0.29, 0.717) is 40.8 Å². The lowest BCUT2D eigenvalue weighted by atomic mass is 10.1. The number of amides is 1. The van der Waals surface area contributed by atoms with Gasteiger partial charge in [-0.1, -0.05) is 25.4 Å². The van der Waals surface area contributed by atoms with Gasteiger partial charge in [-0.25, -0.2) is 14.4 Å². The van der Waals surface area contributed by atoms with Crippen molar-refractivity contribution in [2.75, 3.05) is 19.0 Å². The van der Waals surface area contributed by atoms with E-state index in [2.05, 4.69) is 25.6 Å². The van der Waals surface area contributed by atoms with Crippen LogP contribution in [0.25, 0.3) is 16.9 Å². The number of nitrogens with two attached hydrogens (primary N) is 1. The number of methoxy groups -OCH3 is 1. The number of amidine groups is 1. The van der Waals surface area contributed by atoms with Gasteiger partial charge < -0.3 is 21.1 Å². The Kier molecular flexibility index (Phi) is 8.29. The number of hydrogen-bond acceptors (Lipinski definition) is 6. The molecular formula is C27H28ClF2N7O2. The number of hydrogen-bond donors (Lipinski definition) is 3. The first kappa shape index (κ1) is 27.8. The second-order valence-electron chi connectivity index (χ2n) is 9.17. The average Bonchev–Trinajstić information content (AvgIpc) is 3.33. The number of rotatable bonds is 9. The molecule has 0 aliphatic carbocycles. The third-order valence-corrected chi connectivity index (χ3v) is 6.28. The molecule has 0 unspecified atom stereocenters. The lowest BCUT2D eigenvalue weighted by molar-refractivity contribution is 0.0941. The molecule has 0 aliphatic heterocycles. The second kappa shape index (κ2) is 11.6. The normalized spacial score (nSPS) is 12.6. The maximum atomic E-state index is 14.7. The van der Waals surface area contributed by atoms with Crippen molar-refractivity contribution in [3.63, 3.8) is 0 Å². The van der Waals surface area contributed by atoms with E-state index in [1.165, 1.54) is 31.6 Å². The highest BCUT2D eigenvalue weighted by atomic mass is 35.5. The molecule has 2 aromatic carbocycles. The van der Waals surface area contributed by atoms with Gasteiger partial charge in [0.1, 0.15) is 0 Å². The Morgan fingerprint density at radius 1 is 1.18 bits per heavy atom. The van der Waals surface area contributed by atoms with Crippen molar-refractivity contribution in [3.8, 4) is 17.0 Å². The highest BCUT2D eigenvalue weighted by Gasteiger charge is 2.20. The lowest BCUT2D eigenvalue weighted by Crippen LogP contribution is -2.35. The molecule has 0 radical (unpaired) electrons. The van der Waals surface area contributed by atoms with E-state index in [-0.39, 0.29) is 34.2 Å². The average molecular weight is 556 g/mol. The molecule has 9 nitrogen and oxygen atoms in total. The van der Waals surface area contributed by atoms with E-state index in [1.807, 2.05) is 20.8 Å². The summed E-state index contributed by atoms with van der Waals surface area (Å²) in [4.78, 5) is 25.7. The number of anilines is 2. The first-order chi connectivity index (χ1) is 18.6. The minimum Gasteiger partial charge on any atom is -0.494 e. The molecule has 2 heterocycles. The van der Waals surface area contributed by atoms with E-state index in [1.54, 1.807) is 28.8 Å². The summed E-state index contributed by atoms with van der Waals surface area (Å²) >= 11 is 6.43. The quantitative estimate of drug-likeness (QED) is 0.193. The summed E-state index contributed by atoms with van der Waals surface area (Å²) in [5.74, 6) is -1.67. The monoisotopic (exact) mass is 555 g/mol. The van der Waals surface area contributed by atoms with Crippen LogP contribution in [-0.2, 0) is 0 Å². The van der Waals surface area contributed by atoms with E-state index in [9.17, 15) is 13.6 Å². The molecule has 2 aromatic heterocycles. The van der Waals surface area contributed by atoms with E-state index in [4.69, 9.17) is 22.1 Å². The molecule has 1 amide bonds. The molecule has 0 saturated heterocycles. The Morgan fingerprint density at radius 2 is 1.95 bits per heavy atom. The molecule has 0 aliphatic rings. The van der Waals surface area contributed by atoms with E-state index in [0.717, 1.165) is 0 Å². The summed E-state index contributed by atoms with van der Waals surface area (Å²) in [5.41, 5.74) is 7.42. The molecule has 0 fully saturated rings. The van der Waals surface area contributed by atoms with Gasteiger partial charge in [-0.3, -0.25) is 14.2 Å². The number of ether oxygens (including phenoxy) is 1. The molecule has 4 rings (SSSR count). The molecule has 0 spiro atoms. The number of imidazole rings is 1. The highest BCUT2D eigenvalue weighted by molar-refractivity contribution is 6.34. The summed E-state index contributed by atoms with van der Waals surface area (Å²) in [6, 6.07) is 7.37. The van der Waals surface area contributed by atoms with Crippen LogP contribution in [-0.4, -0.2) is 45.8 Å². The van der Waals surface area contributed by atoms with Crippen LogP contribution in [0.5, 0.6) is 5.75 Å². The molecule has 0 bridgehead atoms. The number of fused-ring (bicyclic) bond motifs is 1. The first-order valence-corrected chi connectivity index (χ1v) is 12.5. The van der Waals surface area contributed by atoms with Crippen molar-refractivity contribution in [1.82, 2.24) is 19.7 Å². The summed E-state index contributed by atoms with van der Waals surface area (Å²) in [6.07, 6.45) is 4.51. The van der Waals surface area contributed by atoms with Gasteiger partial charge in [0, 0.05) is 35.6 Å². The maximum Gasteiger partial charge on any atom is 0.253 e. The molecular weight excluding hydrogens is 528 g/mol. The zero-order valence-corrected chi connectivity index (χ0v) is 22.6. The van der Waals surface area contributed by atoms with Gasteiger partial charge in [0.05, 0.1) is 42.0 Å². The van der Waals surface area contributed by atoms with Crippen molar-refractivity contribution in [2.24, 2.45) is 16.6 Å². The van der Waals surface area contributed by atoms with Crippen LogP contribution in [0.15, 0.2) is 53.9 Å². The summed E-state index contributed by atoms with van der Waals surface area (Å²) in [5, 5.41) is 6.20.